The highest BCUT2D eigenvalue weighted by molar-refractivity contribution is 5.28. The number of rotatable bonds is 3. The predicted molar refractivity (Wildman–Crippen MR) is 59.7 cm³/mol. The third-order valence-electron chi connectivity index (χ3n) is 2.98. The normalized spacial score (nSPS) is 16.3. The minimum absolute atomic E-state index is 0.603. The molecule has 1 saturated carbocycles. The number of aromatic nitrogens is 1. The van der Waals surface area contributed by atoms with Crippen molar-refractivity contribution in [3.63, 3.8) is 0 Å². The van der Waals surface area contributed by atoms with E-state index >= 15 is 0 Å². The van der Waals surface area contributed by atoms with E-state index in [2.05, 4.69) is 32.9 Å². The smallest absolute Gasteiger partial charge is 0.0438 e. The molecule has 76 valence electrons. The molecule has 0 bridgehead atoms. The molecule has 0 N–H and O–H groups in total. The van der Waals surface area contributed by atoms with Crippen molar-refractivity contribution in [2.24, 2.45) is 0 Å². The van der Waals surface area contributed by atoms with Gasteiger partial charge in [-0.1, -0.05) is 26.8 Å². The fourth-order valence-corrected chi connectivity index (χ4v) is 1.94. The van der Waals surface area contributed by atoms with E-state index in [1.165, 1.54) is 29.8 Å². The molecule has 1 aliphatic rings. The van der Waals surface area contributed by atoms with E-state index in [1.807, 2.05) is 0 Å². The molecule has 0 radical (unpaired) electrons. The van der Waals surface area contributed by atoms with Gasteiger partial charge >= 0.3 is 0 Å². The number of aryl methyl sites for hydroxylation is 1. The Morgan fingerprint density at radius 3 is 2.57 bits per heavy atom. The summed E-state index contributed by atoms with van der Waals surface area (Å²) in [5.74, 6) is 1.38. The van der Waals surface area contributed by atoms with Gasteiger partial charge in [-0.3, -0.25) is 4.98 Å². The molecule has 0 amide bonds. The molecule has 1 heteroatoms. The van der Waals surface area contributed by atoms with E-state index in [1.54, 1.807) is 0 Å². The van der Waals surface area contributed by atoms with Crippen LogP contribution in [-0.4, -0.2) is 4.98 Å². The summed E-state index contributed by atoms with van der Waals surface area (Å²) in [6, 6.07) is 4.51. The summed E-state index contributed by atoms with van der Waals surface area (Å²) in [4.78, 5) is 4.77. The van der Waals surface area contributed by atoms with Crippen molar-refractivity contribution < 1.29 is 0 Å². The topological polar surface area (TPSA) is 12.9 Å². The highest BCUT2D eigenvalue weighted by atomic mass is 14.7. The quantitative estimate of drug-likeness (QED) is 0.707. The van der Waals surface area contributed by atoms with E-state index in [9.17, 15) is 0 Å². The summed E-state index contributed by atoms with van der Waals surface area (Å²) in [6.45, 7) is 6.69. The van der Waals surface area contributed by atoms with Crippen LogP contribution in [0.5, 0.6) is 0 Å². The first-order valence-corrected chi connectivity index (χ1v) is 5.72. The molecular weight excluding hydrogens is 170 g/mol. The molecule has 1 aliphatic carbocycles. The minimum atomic E-state index is 0.603. The van der Waals surface area contributed by atoms with Crippen molar-refractivity contribution in [2.75, 3.05) is 0 Å². The maximum absolute atomic E-state index is 4.77. The fraction of sp³-hybridized carbons (Fsp3) is 0.615. The fourth-order valence-electron chi connectivity index (χ4n) is 1.94. The second-order valence-corrected chi connectivity index (χ2v) is 4.55. The SMILES string of the molecule is CCc1nc(C2CC2)ccc1C(C)C. The Hall–Kier alpha value is -0.850. The third kappa shape index (κ3) is 1.82. The molecule has 0 saturated heterocycles. The lowest BCUT2D eigenvalue weighted by atomic mass is 9.99. The Balaban J connectivity index is 2.33. The molecule has 2 rings (SSSR count). The second-order valence-electron chi connectivity index (χ2n) is 4.55. The monoisotopic (exact) mass is 189 g/mol. The summed E-state index contributed by atoms with van der Waals surface area (Å²) in [6.07, 6.45) is 3.75. The largest absolute Gasteiger partial charge is 0.257 e. The van der Waals surface area contributed by atoms with Crippen LogP contribution in [-0.2, 0) is 6.42 Å². The van der Waals surface area contributed by atoms with Crippen LogP contribution >= 0.6 is 0 Å². The van der Waals surface area contributed by atoms with Crippen molar-refractivity contribution in [2.45, 2.75) is 51.9 Å². The van der Waals surface area contributed by atoms with Crippen LogP contribution in [0.25, 0.3) is 0 Å². The Morgan fingerprint density at radius 1 is 1.36 bits per heavy atom. The lowest BCUT2D eigenvalue weighted by molar-refractivity contribution is 0.811. The predicted octanol–water partition coefficient (Wildman–Crippen LogP) is 3.64. The van der Waals surface area contributed by atoms with Gasteiger partial charge in [0.2, 0.25) is 0 Å². The summed E-state index contributed by atoms with van der Waals surface area (Å²) in [5.41, 5.74) is 4.06. The van der Waals surface area contributed by atoms with Gasteiger partial charge < -0.3 is 0 Å². The Labute approximate surface area is 86.6 Å². The molecular formula is C13H19N. The Bertz CT molecular complexity index is 324. The van der Waals surface area contributed by atoms with Crippen LogP contribution < -0.4 is 0 Å². The van der Waals surface area contributed by atoms with Crippen LogP contribution in [0, 0.1) is 0 Å². The lowest BCUT2D eigenvalue weighted by Gasteiger charge is -2.11. The molecule has 0 unspecified atom stereocenters. The van der Waals surface area contributed by atoms with E-state index in [-0.39, 0.29) is 0 Å². The molecule has 0 aliphatic heterocycles. The summed E-state index contributed by atoms with van der Waals surface area (Å²) < 4.78 is 0. The summed E-state index contributed by atoms with van der Waals surface area (Å²) >= 11 is 0. The first-order chi connectivity index (χ1) is 6.72. The van der Waals surface area contributed by atoms with Crippen LogP contribution in [0.4, 0.5) is 0 Å². The molecule has 0 atom stereocenters. The van der Waals surface area contributed by atoms with Gasteiger partial charge in [-0.05, 0) is 36.8 Å². The molecule has 0 aromatic carbocycles. The highest BCUT2D eigenvalue weighted by Crippen LogP contribution is 2.39. The second kappa shape index (κ2) is 3.72. The molecule has 0 spiro atoms. The molecule has 1 fully saturated rings. The van der Waals surface area contributed by atoms with Crippen molar-refractivity contribution in [3.05, 3.63) is 29.1 Å². The van der Waals surface area contributed by atoms with Gasteiger partial charge in [0.15, 0.2) is 0 Å². The lowest BCUT2D eigenvalue weighted by Crippen LogP contribution is -2.01. The number of hydrogen-bond donors (Lipinski definition) is 0. The standard InChI is InChI=1S/C13H19N/c1-4-12-11(9(2)3)7-8-13(14-12)10-5-6-10/h7-10H,4-6H2,1-3H3. The van der Waals surface area contributed by atoms with Crippen molar-refractivity contribution in [3.8, 4) is 0 Å². The molecule has 1 nitrogen and oxygen atoms in total. The highest BCUT2D eigenvalue weighted by Gasteiger charge is 2.25. The van der Waals surface area contributed by atoms with Gasteiger partial charge in [0, 0.05) is 17.3 Å². The average Bonchev–Trinajstić information content (AvgIpc) is 3.00. The van der Waals surface area contributed by atoms with Crippen molar-refractivity contribution in [1.29, 1.82) is 0 Å². The zero-order valence-electron chi connectivity index (χ0n) is 9.38. The first-order valence-electron chi connectivity index (χ1n) is 5.72. The minimum Gasteiger partial charge on any atom is -0.257 e. The molecule has 1 aromatic rings. The van der Waals surface area contributed by atoms with Crippen LogP contribution in [0.1, 0.15) is 62.4 Å². The number of nitrogens with zero attached hydrogens (tertiary/aromatic N) is 1. The van der Waals surface area contributed by atoms with Crippen molar-refractivity contribution >= 4 is 0 Å². The molecule has 14 heavy (non-hydrogen) atoms. The van der Waals surface area contributed by atoms with E-state index in [4.69, 9.17) is 4.98 Å². The zero-order valence-corrected chi connectivity index (χ0v) is 9.38. The average molecular weight is 189 g/mol. The number of hydrogen-bond acceptors (Lipinski definition) is 1. The number of pyridine rings is 1. The molecule has 1 aromatic heterocycles. The van der Waals surface area contributed by atoms with Gasteiger partial charge in [-0.25, -0.2) is 0 Å². The van der Waals surface area contributed by atoms with Crippen LogP contribution in [0.3, 0.4) is 0 Å². The third-order valence-corrected chi connectivity index (χ3v) is 2.98. The van der Waals surface area contributed by atoms with Crippen LogP contribution in [0.2, 0.25) is 0 Å². The Morgan fingerprint density at radius 2 is 2.07 bits per heavy atom. The van der Waals surface area contributed by atoms with E-state index in [0.29, 0.717) is 5.92 Å². The summed E-state index contributed by atoms with van der Waals surface area (Å²) in [5, 5.41) is 0. The van der Waals surface area contributed by atoms with Gasteiger partial charge in [0.05, 0.1) is 0 Å². The van der Waals surface area contributed by atoms with E-state index < -0.39 is 0 Å². The van der Waals surface area contributed by atoms with Gasteiger partial charge in [-0.15, -0.1) is 0 Å². The zero-order chi connectivity index (χ0) is 10.1. The Kier molecular flexibility index (Phi) is 2.58. The van der Waals surface area contributed by atoms with Gasteiger partial charge in [0.25, 0.3) is 0 Å². The van der Waals surface area contributed by atoms with Gasteiger partial charge in [0.1, 0.15) is 0 Å². The van der Waals surface area contributed by atoms with Crippen LogP contribution in [0.15, 0.2) is 12.1 Å². The van der Waals surface area contributed by atoms with E-state index in [0.717, 1.165) is 12.3 Å². The van der Waals surface area contributed by atoms with Crippen molar-refractivity contribution in [1.82, 2.24) is 4.98 Å². The maximum Gasteiger partial charge on any atom is 0.0438 e. The first kappa shape index (κ1) is 9.70. The van der Waals surface area contributed by atoms with Gasteiger partial charge in [-0.2, -0.15) is 0 Å². The maximum atomic E-state index is 4.77. The molecule has 1 heterocycles. The summed E-state index contributed by atoms with van der Waals surface area (Å²) in [7, 11) is 0.